The molecule has 0 aliphatic rings. The number of methoxy groups -OCH3 is 1. The number of hydrogen-bond donors (Lipinski definition) is 1. The molecule has 94 valence electrons. The van der Waals surface area contributed by atoms with Gasteiger partial charge in [-0.2, -0.15) is 0 Å². The van der Waals surface area contributed by atoms with Gasteiger partial charge in [-0.15, -0.1) is 0 Å². The molecule has 0 aliphatic heterocycles. The number of rotatable bonds is 4. The minimum atomic E-state index is -0.705. The lowest BCUT2D eigenvalue weighted by molar-refractivity contribution is 0.414. The number of anilines is 1. The molecule has 0 saturated carbocycles. The third kappa shape index (κ3) is 2.94. The van der Waals surface area contributed by atoms with E-state index in [0.29, 0.717) is 6.54 Å². The third-order valence-electron chi connectivity index (χ3n) is 2.43. The number of nitrogens with one attached hydrogen (secondary N) is 1. The van der Waals surface area contributed by atoms with Gasteiger partial charge in [-0.1, -0.05) is 12.1 Å². The molecule has 0 atom stereocenters. The Morgan fingerprint density at radius 3 is 2.56 bits per heavy atom. The molecule has 2 aromatic rings. The highest BCUT2D eigenvalue weighted by molar-refractivity contribution is 5.37. The molecule has 1 heterocycles. The van der Waals surface area contributed by atoms with Crippen molar-refractivity contribution in [1.82, 2.24) is 4.98 Å². The predicted octanol–water partition coefficient (Wildman–Crippen LogP) is 2.98. The Labute approximate surface area is 103 Å². The lowest BCUT2D eigenvalue weighted by Crippen LogP contribution is -2.04. The fourth-order valence-electron chi connectivity index (χ4n) is 1.47. The molecule has 1 aromatic carbocycles. The topological polar surface area (TPSA) is 34.1 Å². The highest BCUT2D eigenvalue weighted by Crippen LogP contribution is 2.15. The molecule has 18 heavy (non-hydrogen) atoms. The fourth-order valence-corrected chi connectivity index (χ4v) is 1.47. The van der Waals surface area contributed by atoms with E-state index in [9.17, 15) is 8.78 Å². The molecule has 0 amide bonds. The Morgan fingerprint density at radius 1 is 1.22 bits per heavy atom. The summed E-state index contributed by atoms with van der Waals surface area (Å²) in [7, 11) is 1.59. The average molecular weight is 250 g/mol. The maximum absolute atomic E-state index is 13.3. The van der Waals surface area contributed by atoms with Crippen molar-refractivity contribution in [2.75, 3.05) is 12.4 Å². The third-order valence-corrected chi connectivity index (χ3v) is 2.43. The molecule has 0 radical (unpaired) electrons. The van der Waals surface area contributed by atoms with Crippen LogP contribution in [0.25, 0.3) is 0 Å². The Balaban J connectivity index is 2.02. The van der Waals surface area contributed by atoms with Gasteiger partial charge < -0.3 is 10.1 Å². The van der Waals surface area contributed by atoms with Crippen LogP contribution in [0.1, 0.15) is 5.56 Å². The standard InChI is InChI=1S/C13H12F2N2O/c1-18-11-4-2-9(3-5-11)7-16-13-12(15)6-10(14)8-17-13/h2-6,8H,7H2,1H3,(H,16,17). The van der Waals surface area contributed by atoms with E-state index >= 15 is 0 Å². The summed E-state index contributed by atoms with van der Waals surface area (Å²) in [6.07, 6.45) is 0.972. The molecule has 0 aliphatic carbocycles. The van der Waals surface area contributed by atoms with E-state index in [1.807, 2.05) is 24.3 Å². The van der Waals surface area contributed by atoms with Crippen molar-refractivity contribution in [3.05, 3.63) is 53.7 Å². The summed E-state index contributed by atoms with van der Waals surface area (Å²) in [5.74, 6) is -0.608. The van der Waals surface area contributed by atoms with Crippen LogP contribution in [-0.2, 0) is 6.54 Å². The van der Waals surface area contributed by atoms with Gasteiger partial charge in [0.05, 0.1) is 13.3 Å². The first-order valence-corrected chi connectivity index (χ1v) is 5.37. The van der Waals surface area contributed by atoms with Crippen LogP contribution >= 0.6 is 0 Å². The van der Waals surface area contributed by atoms with Crippen LogP contribution in [0.15, 0.2) is 36.5 Å². The van der Waals surface area contributed by atoms with Gasteiger partial charge in [-0.25, -0.2) is 13.8 Å². The molecule has 3 nitrogen and oxygen atoms in total. The molecule has 1 N–H and O–H groups in total. The molecule has 0 fully saturated rings. The molecule has 0 unspecified atom stereocenters. The molecule has 0 saturated heterocycles. The summed E-state index contributed by atoms with van der Waals surface area (Å²) < 4.78 is 31.0. The normalized spacial score (nSPS) is 10.2. The van der Waals surface area contributed by atoms with Crippen molar-refractivity contribution in [3.63, 3.8) is 0 Å². The van der Waals surface area contributed by atoms with E-state index in [0.717, 1.165) is 23.6 Å². The zero-order valence-electron chi connectivity index (χ0n) is 9.78. The van der Waals surface area contributed by atoms with Crippen molar-refractivity contribution in [2.24, 2.45) is 0 Å². The Kier molecular flexibility index (Phi) is 3.72. The van der Waals surface area contributed by atoms with Crippen LogP contribution in [0.4, 0.5) is 14.6 Å². The van der Waals surface area contributed by atoms with Gasteiger partial charge in [-0.3, -0.25) is 0 Å². The zero-order chi connectivity index (χ0) is 13.0. The van der Waals surface area contributed by atoms with E-state index < -0.39 is 11.6 Å². The summed E-state index contributed by atoms with van der Waals surface area (Å²) >= 11 is 0. The molecule has 0 bridgehead atoms. The quantitative estimate of drug-likeness (QED) is 0.905. The van der Waals surface area contributed by atoms with Crippen molar-refractivity contribution >= 4 is 5.82 Å². The Bertz CT molecular complexity index is 529. The van der Waals surface area contributed by atoms with Gasteiger partial charge in [-0.05, 0) is 17.7 Å². The van der Waals surface area contributed by atoms with E-state index in [1.54, 1.807) is 7.11 Å². The summed E-state index contributed by atoms with van der Waals surface area (Å²) in [6, 6.07) is 8.13. The summed E-state index contributed by atoms with van der Waals surface area (Å²) in [6.45, 7) is 0.402. The van der Waals surface area contributed by atoms with Gasteiger partial charge in [0.2, 0.25) is 0 Å². The van der Waals surface area contributed by atoms with Gasteiger partial charge in [0.1, 0.15) is 11.6 Å². The molecule has 1 aromatic heterocycles. The van der Waals surface area contributed by atoms with Crippen LogP contribution in [0.2, 0.25) is 0 Å². The van der Waals surface area contributed by atoms with Crippen LogP contribution < -0.4 is 10.1 Å². The molecular weight excluding hydrogens is 238 g/mol. The van der Waals surface area contributed by atoms with Crippen LogP contribution in [0.5, 0.6) is 5.75 Å². The minimum absolute atomic E-state index is 0.0345. The van der Waals surface area contributed by atoms with Crippen molar-refractivity contribution in [2.45, 2.75) is 6.54 Å². The second-order valence-corrected chi connectivity index (χ2v) is 3.69. The second-order valence-electron chi connectivity index (χ2n) is 3.69. The SMILES string of the molecule is COc1ccc(CNc2ncc(F)cc2F)cc1. The Morgan fingerprint density at radius 2 is 1.94 bits per heavy atom. The average Bonchev–Trinajstić information content (AvgIpc) is 2.38. The number of halogens is 2. The number of hydrogen-bond acceptors (Lipinski definition) is 3. The Hall–Kier alpha value is -2.17. The maximum Gasteiger partial charge on any atom is 0.168 e. The lowest BCUT2D eigenvalue weighted by atomic mass is 10.2. The maximum atomic E-state index is 13.3. The van der Waals surface area contributed by atoms with E-state index in [4.69, 9.17) is 4.74 Å². The second kappa shape index (κ2) is 5.44. The minimum Gasteiger partial charge on any atom is -0.497 e. The fraction of sp³-hybridized carbons (Fsp3) is 0.154. The smallest absolute Gasteiger partial charge is 0.168 e. The monoisotopic (exact) mass is 250 g/mol. The van der Waals surface area contributed by atoms with Gasteiger partial charge in [0.25, 0.3) is 0 Å². The van der Waals surface area contributed by atoms with Crippen LogP contribution in [0.3, 0.4) is 0 Å². The molecular formula is C13H12F2N2O. The number of benzene rings is 1. The number of pyridine rings is 1. The van der Waals surface area contributed by atoms with E-state index in [1.165, 1.54) is 0 Å². The first-order chi connectivity index (χ1) is 8.69. The van der Waals surface area contributed by atoms with Crippen molar-refractivity contribution in [1.29, 1.82) is 0 Å². The zero-order valence-corrected chi connectivity index (χ0v) is 9.78. The lowest BCUT2D eigenvalue weighted by Gasteiger charge is -2.07. The van der Waals surface area contributed by atoms with Gasteiger partial charge >= 0.3 is 0 Å². The number of aromatic nitrogens is 1. The van der Waals surface area contributed by atoms with Crippen molar-refractivity contribution in [3.8, 4) is 5.75 Å². The van der Waals surface area contributed by atoms with E-state index in [-0.39, 0.29) is 5.82 Å². The molecule has 5 heteroatoms. The van der Waals surface area contributed by atoms with Crippen LogP contribution in [-0.4, -0.2) is 12.1 Å². The molecule has 2 rings (SSSR count). The summed E-state index contributed by atoms with van der Waals surface area (Å²) in [4.78, 5) is 3.64. The van der Waals surface area contributed by atoms with Crippen LogP contribution in [0, 0.1) is 11.6 Å². The van der Waals surface area contributed by atoms with Crippen molar-refractivity contribution < 1.29 is 13.5 Å². The largest absolute Gasteiger partial charge is 0.497 e. The first kappa shape index (κ1) is 12.3. The van der Waals surface area contributed by atoms with E-state index in [2.05, 4.69) is 10.3 Å². The summed E-state index contributed by atoms with van der Waals surface area (Å²) in [5, 5.41) is 2.80. The van der Waals surface area contributed by atoms with Gasteiger partial charge in [0, 0.05) is 12.6 Å². The highest BCUT2D eigenvalue weighted by Gasteiger charge is 2.04. The first-order valence-electron chi connectivity index (χ1n) is 5.37. The number of nitrogens with zero attached hydrogens (tertiary/aromatic N) is 1. The molecule has 0 spiro atoms. The van der Waals surface area contributed by atoms with Gasteiger partial charge in [0.15, 0.2) is 11.6 Å². The predicted molar refractivity (Wildman–Crippen MR) is 64.5 cm³/mol. The highest BCUT2D eigenvalue weighted by atomic mass is 19.1. The number of ether oxygens (including phenoxy) is 1. The summed E-state index contributed by atoms with van der Waals surface area (Å²) in [5.41, 5.74) is 0.946.